The van der Waals surface area contributed by atoms with Gasteiger partial charge in [-0.25, -0.2) is 13.8 Å². The molecule has 0 saturated carbocycles. The molecule has 3 aromatic carbocycles. The number of benzene rings is 3. The standard InChI is InChI=1S/C26H26F2N4O/c1-16(2)17-8-11-20(12-9-17)30-25-31-22-14-18(24(29)33)10-13-23(22)32(25)15-19-6-4-5-7-21(19)26(3,27)28/h4-14,16H,15H2,1-3H3,(H2,29,33)(H,30,31). The van der Waals surface area contributed by atoms with Crippen molar-refractivity contribution in [1.29, 1.82) is 0 Å². The van der Waals surface area contributed by atoms with Gasteiger partial charge in [-0.15, -0.1) is 0 Å². The number of halogens is 2. The summed E-state index contributed by atoms with van der Waals surface area (Å²) in [5.74, 6) is -2.64. The van der Waals surface area contributed by atoms with E-state index in [1.165, 1.54) is 11.6 Å². The van der Waals surface area contributed by atoms with Crippen LogP contribution in [0, 0.1) is 0 Å². The van der Waals surface area contributed by atoms with Gasteiger partial charge in [-0.2, -0.15) is 0 Å². The van der Waals surface area contributed by atoms with Crippen molar-refractivity contribution in [3.8, 4) is 0 Å². The zero-order chi connectivity index (χ0) is 23.8. The molecule has 0 saturated heterocycles. The third-order valence-corrected chi connectivity index (χ3v) is 5.69. The Labute approximate surface area is 191 Å². The van der Waals surface area contributed by atoms with Crippen LogP contribution in [0.25, 0.3) is 11.0 Å². The van der Waals surface area contributed by atoms with Gasteiger partial charge in [0.15, 0.2) is 0 Å². The molecule has 0 aliphatic rings. The van der Waals surface area contributed by atoms with Crippen molar-refractivity contribution in [3.63, 3.8) is 0 Å². The largest absolute Gasteiger partial charge is 0.366 e. The van der Waals surface area contributed by atoms with Crippen molar-refractivity contribution < 1.29 is 13.6 Å². The maximum atomic E-state index is 14.3. The van der Waals surface area contributed by atoms with E-state index in [0.29, 0.717) is 34.0 Å². The number of carbonyl (C=O) groups excluding carboxylic acids is 1. The highest BCUT2D eigenvalue weighted by atomic mass is 19.3. The summed E-state index contributed by atoms with van der Waals surface area (Å²) in [4.78, 5) is 16.3. The average Bonchev–Trinajstić information content (AvgIpc) is 3.10. The van der Waals surface area contributed by atoms with Crippen LogP contribution in [0.1, 0.15) is 53.7 Å². The second-order valence-corrected chi connectivity index (χ2v) is 8.54. The Kier molecular flexibility index (Phi) is 5.89. The van der Waals surface area contributed by atoms with Crippen LogP contribution in [0.15, 0.2) is 66.7 Å². The van der Waals surface area contributed by atoms with E-state index < -0.39 is 11.8 Å². The second-order valence-electron chi connectivity index (χ2n) is 8.54. The first-order chi connectivity index (χ1) is 15.6. The molecule has 7 heteroatoms. The van der Waals surface area contributed by atoms with Crippen LogP contribution in [0.5, 0.6) is 0 Å². The van der Waals surface area contributed by atoms with Crippen molar-refractivity contribution >= 4 is 28.6 Å². The van der Waals surface area contributed by atoms with Gasteiger partial charge in [0.25, 0.3) is 5.92 Å². The Morgan fingerprint density at radius 2 is 1.79 bits per heavy atom. The predicted molar refractivity (Wildman–Crippen MR) is 127 cm³/mol. The SMILES string of the molecule is CC(C)c1ccc(Nc2nc3cc(C(N)=O)ccc3n2Cc2ccccc2C(C)(F)F)cc1. The van der Waals surface area contributed by atoms with Crippen molar-refractivity contribution in [2.24, 2.45) is 5.73 Å². The molecule has 0 radical (unpaired) electrons. The summed E-state index contributed by atoms with van der Waals surface area (Å²) in [5.41, 5.74) is 9.50. The molecule has 5 nitrogen and oxygen atoms in total. The van der Waals surface area contributed by atoms with E-state index in [1.807, 2.05) is 28.8 Å². The highest BCUT2D eigenvalue weighted by Crippen LogP contribution is 2.32. The lowest BCUT2D eigenvalue weighted by atomic mass is 10.0. The number of hydrogen-bond acceptors (Lipinski definition) is 3. The molecule has 0 aliphatic heterocycles. The number of hydrogen-bond donors (Lipinski definition) is 2. The van der Waals surface area contributed by atoms with E-state index in [4.69, 9.17) is 5.73 Å². The maximum Gasteiger partial charge on any atom is 0.270 e. The summed E-state index contributed by atoms with van der Waals surface area (Å²) >= 11 is 0. The number of nitrogens with two attached hydrogens (primary N) is 1. The number of imidazole rings is 1. The Balaban J connectivity index is 1.80. The van der Waals surface area contributed by atoms with E-state index in [0.717, 1.165) is 12.6 Å². The quantitative estimate of drug-likeness (QED) is 0.355. The number of aromatic nitrogens is 2. The summed E-state index contributed by atoms with van der Waals surface area (Å²) in [7, 11) is 0. The van der Waals surface area contributed by atoms with Crippen LogP contribution < -0.4 is 11.1 Å². The van der Waals surface area contributed by atoms with Crippen LogP contribution in [-0.2, 0) is 12.5 Å². The molecule has 0 fully saturated rings. The normalized spacial score (nSPS) is 11.8. The molecular formula is C26H26F2N4O. The predicted octanol–water partition coefficient (Wildman–Crippen LogP) is 6.16. The Morgan fingerprint density at radius 3 is 2.42 bits per heavy atom. The average molecular weight is 449 g/mol. The number of alkyl halides is 2. The first-order valence-electron chi connectivity index (χ1n) is 10.8. The molecule has 0 aliphatic carbocycles. The van der Waals surface area contributed by atoms with Gasteiger partial charge < -0.3 is 15.6 Å². The van der Waals surface area contributed by atoms with Gasteiger partial charge in [-0.05, 0) is 47.4 Å². The summed E-state index contributed by atoms with van der Waals surface area (Å²) < 4.78 is 30.4. The molecule has 0 unspecified atom stereocenters. The fourth-order valence-electron chi connectivity index (χ4n) is 3.88. The van der Waals surface area contributed by atoms with Crippen molar-refractivity contribution in [2.75, 3.05) is 5.32 Å². The third-order valence-electron chi connectivity index (χ3n) is 5.69. The summed E-state index contributed by atoms with van der Waals surface area (Å²) in [6, 6.07) is 19.5. The zero-order valence-electron chi connectivity index (χ0n) is 18.8. The van der Waals surface area contributed by atoms with Crippen LogP contribution in [0.2, 0.25) is 0 Å². The van der Waals surface area contributed by atoms with Gasteiger partial charge in [0, 0.05) is 23.7 Å². The molecule has 4 aromatic rings. The molecule has 170 valence electrons. The summed E-state index contributed by atoms with van der Waals surface area (Å²) in [6.07, 6.45) is 0. The first kappa shape index (κ1) is 22.5. The Bertz CT molecular complexity index is 1300. The van der Waals surface area contributed by atoms with Crippen LogP contribution in [0.3, 0.4) is 0 Å². The maximum absolute atomic E-state index is 14.3. The van der Waals surface area contributed by atoms with Crippen LogP contribution in [-0.4, -0.2) is 15.5 Å². The lowest BCUT2D eigenvalue weighted by molar-refractivity contribution is 0.0165. The number of rotatable bonds is 7. The third kappa shape index (κ3) is 4.72. The van der Waals surface area contributed by atoms with E-state index in [2.05, 4.69) is 24.1 Å². The molecule has 0 bridgehead atoms. The van der Waals surface area contributed by atoms with E-state index in [9.17, 15) is 13.6 Å². The van der Waals surface area contributed by atoms with E-state index in [-0.39, 0.29) is 12.1 Å². The summed E-state index contributed by atoms with van der Waals surface area (Å²) in [5, 5.41) is 3.30. The first-order valence-corrected chi connectivity index (χ1v) is 10.8. The minimum atomic E-state index is -2.98. The Morgan fingerprint density at radius 1 is 1.09 bits per heavy atom. The minimum Gasteiger partial charge on any atom is -0.366 e. The Hall–Kier alpha value is -3.74. The lowest BCUT2D eigenvalue weighted by Gasteiger charge is -2.18. The monoisotopic (exact) mass is 448 g/mol. The van der Waals surface area contributed by atoms with Gasteiger partial charge in [-0.1, -0.05) is 50.2 Å². The topological polar surface area (TPSA) is 72.9 Å². The number of carbonyl (C=O) groups is 1. The minimum absolute atomic E-state index is 0.0344. The molecule has 1 aromatic heterocycles. The summed E-state index contributed by atoms with van der Waals surface area (Å²) in [6.45, 7) is 5.32. The smallest absolute Gasteiger partial charge is 0.270 e. The number of anilines is 2. The highest BCUT2D eigenvalue weighted by molar-refractivity contribution is 5.96. The van der Waals surface area contributed by atoms with Crippen molar-refractivity contribution in [1.82, 2.24) is 9.55 Å². The lowest BCUT2D eigenvalue weighted by Crippen LogP contribution is -2.14. The number of nitrogens with one attached hydrogen (secondary N) is 1. The molecule has 3 N–H and O–H groups in total. The fourth-order valence-corrected chi connectivity index (χ4v) is 3.88. The second kappa shape index (κ2) is 8.65. The van der Waals surface area contributed by atoms with Gasteiger partial charge in [0.05, 0.1) is 17.6 Å². The number of nitrogens with zero attached hydrogens (tertiary/aromatic N) is 2. The van der Waals surface area contributed by atoms with Crippen molar-refractivity contribution in [3.05, 3.63) is 89.0 Å². The molecular weight excluding hydrogens is 422 g/mol. The zero-order valence-corrected chi connectivity index (χ0v) is 18.8. The van der Waals surface area contributed by atoms with Crippen molar-refractivity contribution in [2.45, 2.75) is 39.2 Å². The molecule has 0 atom stereocenters. The highest BCUT2D eigenvalue weighted by Gasteiger charge is 2.27. The molecule has 0 spiro atoms. The number of amides is 1. The van der Waals surface area contributed by atoms with Crippen LogP contribution in [0.4, 0.5) is 20.4 Å². The van der Waals surface area contributed by atoms with Gasteiger partial charge in [-0.3, -0.25) is 4.79 Å². The van der Waals surface area contributed by atoms with E-state index in [1.54, 1.807) is 36.4 Å². The molecule has 1 heterocycles. The fraction of sp³-hybridized carbons (Fsp3) is 0.231. The molecule has 33 heavy (non-hydrogen) atoms. The number of fused-ring (bicyclic) bond motifs is 1. The van der Waals surface area contributed by atoms with Gasteiger partial charge in [0.1, 0.15) is 0 Å². The van der Waals surface area contributed by atoms with Crippen LogP contribution >= 0.6 is 0 Å². The molecule has 1 amide bonds. The van der Waals surface area contributed by atoms with Gasteiger partial charge >= 0.3 is 0 Å². The number of primary amides is 1. The van der Waals surface area contributed by atoms with E-state index >= 15 is 0 Å². The molecule has 4 rings (SSSR count). The van der Waals surface area contributed by atoms with Gasteiger partial charge in [0.2, 0.25) is 11.9 Å².